The minimum Gasteiger partial charge on any atom is -0.312 e. The van der Waals surface area contributed by atoms with Crippen molar-refractivity contribution >= 4 is 26.7 Å². The predicted octanol–water partition coefficient (Wildman–Crippen LogP) is 3.77. The van der Waals surface area contributed by atoms with Crippen molar-refractivity contribution in [2.75, 3.05) is 11.3 Å². The van der Waals surface area contributed by atoms with Gasteiger partial charge in [-0.1, -0.05) is 24.3 Å². The van der Waals surface area contributed by atoms with Gasteiger partial charge in [-0.05, 0) is 54.8 Å². The molecule has 0 fully saturated rings. The van der Waals surface area contributed by atoms with E-state index in [1.807, 2.05) is 19.1 Å². The number of fused-ring (bicyclic) bond motifs is 2. The Balaban J connectivity index is 1.53. The SMILES string of the molecule is CC(c1cccc2c1CNCC2)n1ncc2cc(S(=O)(=O)Nc3cccc(F)n3)c(F)cc21. The molecule has 2 aromatic heterocycles. The summed E-state index contributed by atoms with van der Waals surface area (Å²) in [5.74, 6) is -2.02. The van der Waals surface area contributed by atoms with Crippen LogP contribution in [0.2, 0.25) is 0 Å². The average molecular weight is 470 g/mol. The monoisotopic (exact) mass is 469 g/mol. The lowest BCUT2D eigenvalue weighted by molar-refractivity contribution is 0.556. The second-order valence-electron chi connectivity index (χ2n) is 7.97. The molecule has 170 valence electrons. The van der Waals surface area contributed by atoms with Crippen LogP contribution in [0.4, 0.5) is 14.6 Å². The highest BCUT2D eigenvalue weighted by atomic mass is 32.2. The highest BCUT2D eigenvalue weighted by molar-refractivity contribution is 7.92. The Labute approximate surface area is 189 Å². The number of anilines is 1. The van der Waals surface area contributed by atoms with Gasteiger partial charge >= 0.3 is 0 Å². The molecule has 0 radical (unpaired) electrons. The van der Waals surface area contributed by atoms with Gasteiger partial charge in [0.05, 0.1) is 17.8 Å². The fourth-order valence-corrected chi connectivity index (χ4v) is 5.38. The number of hydrogen-bond donors (Lipinski definition) is 2. The maximum absolute atomic E-state index is 15.0. The fraction of sp³-hybridized carbons (Fsp3) is 0.217. The molecule has 10 heteroatoms. The van der Waals surface area contributed by atoms with Gasteiger partial charge in [-0.25, -0.2) is 17.8 Å². The Morgan fingerprint density at radius 1 is 1.15 bits per heavy atom. The standard InChI is InChI=1S/C23H21F2N5O2S/c1-14(17-5-2-4-15-8-9-26-13-18(15)17)30-20-11-19(24)21(10-16(20)12-27-30)33(31,32)29-23-7-3-6-22(25)28-23/h2-7,10-12,14,26H,8-9,13H2,1H3,(H,28,29). The van der Waals surface area contributed by atoms with E-state index in [-0.39, 0.29) is 11.9 Å². The first-order valence-electron chi connectivity index (χ1n) is 10.5. The summed E-state index contributed by atoms with van der Waals surface area (Å²) in [4.78, 5) is 2.91. The number of hydrogen-bond acceptors (Lipinski definition) is 5. The van der Waals surface area contributed by atoms with Gasteiger partial charge in [-0.2, -0.15) is 9.49 Å². The Kier molecular flexibility index (Phi) is 5.34. The smallest absolute Gasteiger partial charge is 0.265 e. The van der Waals surface area contributed by atoms with Crippen molar-refractivity contribution in [2.45, 2.75) is 30.8 Å². The van der Waals surface area contributed by atoms with Crippen molar-refractivity contribution in [1.82, 2.24) is 20.1 Å². The van der Waals surface area contributed by atoms with Crippen molar-refractivity contribution in [3.05, 3.63) is 83.2 Å². The van der Waals surface area contributed by atoms with Crippen LogP contribution in [-0.4, -0.2) is 29.7 Å². The van der Waals surface area contributed by atoms with Crippen LogP contribution < -0.4 is 10.0 Å². The molecular weight excluding hydrogens is 448 g/mol. The van der Waals surface area contributed by atoms with Crippen LogP contribution in [0.5, 0.6) is 0 Å². The van der Waals surface area contributed by atoms with E-state index in [1.54, 1.807) is 4.68 Å². The van der Waals surface area contributed by atoms with Crippen molar-refractivity contribution in [2.24, 2.45) is 0 Å². The molecule has 0 saturated carbocycles. The first-order chi connectivity index (χ1) is 15.8. The molecule has 0 bridgehead atoms. The van der Waals surface area contributed by atoms with Crippen molar-refractivity contribution in [3.63, 3.8) is 0 Å². The number of sulfonamides is 1. The molecule has 1 unspecified atom stereocenters. The molecular formula is C23H21F2N5O2S. The van der Waals surface area contributed by atoms with Gasteiger partial charge in [0.1, 0.15) is 16.5 Å². The molecule has 5 rings (SSSR count). The largest absolute Gasteiger partial charge is 0.312 e. The molecule has 1 aliphatic heterocycles. The molecule has 0 spiro atoms. The van der Waals surface area contributed by atoms with Crippen LogP contribution in [0, 0.1) is 11.8 Å². The van der Waals surface area contributed by atoms with Gasteiger partial charge in [-0.3, -0.25) is 9.40 Å². The zero-order chi connectivity index (χ0) is 23.2. The van der Waals surface area contributed by atoms with Crippen molar-refractivity contribution in [3.8, 4) is 0 Å². The minimum absolute atomic E-state index is 0.186. The van der Waals surface area contributed by atoms with E-state index < -0.39 is 26.7 Å². The normalized spacial score (nSPS) is 14.8. The Hall–Kier alpha value is -3.37. The lowest BCUT2D eigenvalue weighted by atomic mass is 9.92. The highest BCUT2D eigenvalue weighted by Gasteiger charge is 2.24. The molecule has 3 heterocycles. The lowest BCUT2D eigenvalue weighted by Gasteiger charge is -2.24. The number of aromatic nitrogens is 3. The van der Waals surface area contributed by atoms with Gasteiger partial charge in [0, 0.05) is 18.0 Å². The summed E-state index contributed by atoms with van der Waals surface area (Å²) < 4.78 is 57.7. The molecule has 7 nitrogen and oxygen atoms in total. The average Bonchev–Trinajstić information content (AvgIpc) is 3.20. The topological polar surface area (TPSA) is 88.9 Å². The minimum atomic E-state index is -4.33. The maximum atomic E-state index is 15.0. The van der Waals surface area contributed by atoms with E-state index in [0.29, 0.717) is 10.9 Å². The van der Waals surface area contributed by atoms with Crippen LogP contribution in [0.1, 0.15) is 29.7 Å². The van der Waals surface area contributed by atoms with Gasteiger partial charge in [0.15, 0.2) is 0 Å². The third-order valence-electron chi connectivity index (χ3n) is 5.89. The van der Waals surface area contributed by atoms with Gasteiger partial charge in [0.25, 0.3) is 10.0 Å². The number of benzene rings is 2. The summed E-state index contributed by atoms with van der Waals surface area (Å²) >= 11 is 0. The molecule has 4 aromatic rings. The summed E-state index contributed by atoms with van der Waals surface area (Å²) in [6, 6.07) is 12.0. The highest BCUT2D eigenvalue weighted by Crippen LogP contribution is 2.31. The first kappa shape index (κ1) is 21.5. The van der Waals surface area contributed by atoms with E-state index in [1.165, 1.54) is 41.6 Å². The number of nitrogens with zero attached hydrogens (tertiary/aromatic N) is 3. The zero-order valence-electron chi connectivity index (χ0n) is 17.7. The van der Waals surface area contributed by atoms with Crippen molar-refractivity contribution in [1.29, 1.82) is 0 Å². The molecule has 0 amide bonds. The van der Waals surface area contributed by atoms with E-state index in [2.05, 4.69) is 26.2 Å². The summed E-state index contributed by atoms with van der Waals surface area (Å²) in [6.07, 6.45) is 2.46. The summed E-state index contributed by atoms with van der Waals surface area (Å²) in [5, 5.41) is 8.29. The summed E-state index contributed by atoms with van der Waals surface area (Å²) in [7, 11) is -4.33. The maximum Gasteiger partial charge on any atom is 0.265 e. The molecule has 1 aliphatic rings. The molecule has 1 atom stereocenters. The molecule has 0 aliphatic carbocycles. The van der Waals surface area contributed by atoms with Crippen molar-refractivity contribution < 1.29 is 17.2 Å². The molecule has 33 heavy (non-hydrogen) atoms. The molecule has 0 saturated heterocycles. The van der Waals surface area contributed by atoms with Crippen LogP contribution >= 0.6 is 0 Å². The Morgan fingerprint density at radius 3 is 2.79 bits per heavy atom. The van der Waals surface area contributed by atoms with E-state index in [9.17, 15) is 12.8 Å². The number of pyridine rings is 1. The molecule has 2 N–H and O–H groups in total. The molecule has 2 aromatic carbocycles. The van der Waals surface area contributed by atoms with Gasteiger partial charge < -0.3 is 5.32 Å². The number of halogens is 2. The summed E-state index contributed by atoms with van der Waals surface area (Å²) in [6.45, 7) is 3.67. The quantitative estimate of drug-likeness (QED) is 0.435. The van der Waals surface area contributed by atoms with E-state index in [0.717, 1.165) is 31.1 Å². The Morgan fingerprint density at radius 2 is 1.97 bits per heavy atom. The van der Waals surface area contributed by atoms with Gasteiger partial charge in [-0.15, -0.1) is 0 Å². The lowest BCUT2D eigenvalue weighted by Crippen LogP contribution is -2.26. The van der Waals surface area contributed by atoms with E-state index in [4.69, 9.17) is 0 Å². The fourth-order valence-electron chi connectivity index (χ4n) is 4.28. The predicted molar refractivity (Wildman–Crippen MR) is 120 cm³/mol. The Bertz CT molecular complexity index is 1470. The van der Waals surface area contributed by atoms with Crippen LogP contribution in [0.3, 0.4) is 0 Å². The second kappa shape index (κ2) is 8.20. The number of rotatable bonds is 5. The zero-order valence-corrected chi connectivity index (χ0v) is 18.5. The third-order valence-corrected chi connectivity index (χ3v) is 7.26. The number of nitrogens with one attached hydrogen (secondary N) is 2. The van der Waals surface area contributed by atoms with Crippen LogP contribution in [0.25, 0.3) is 10.9 Å². The first-order valence-corrected chi connectivity index (χ1v) is 12.0. The summed E-state index contributed by atoms with van der Waals surface area (Å²) in [5.41, 5.74) is 4.06. The van der Waals surface area contributed by atoms with Crippen LogP contribution in [0.15, 0.2) is 59.6 Å². The third kappa shape index (κ3) is 3.96. The van der Waals surface area contributed by atoms with E-state index >= 15 is 4.39 Å². The second-order valence-corrected chi connectivity index (χ2v) is 9.62. The van der Waals surface area contributed by atoms with Crippen LogP contribution in [-0.2, 0) is 23.0 Å². The van der Waals surface area contributed by atoms with Gasteiger partial charge in [0.2, 0.25) is 5.95 Å².